The number of rotatable bonds is 6. The summed E-state index contributed by atoms with van der Waals surface area (Å²) in [7, 11) is 0. The van der Waals surface area contributed by atoms with E-state index in [2.05, 4.69) is 0 Å². The second-order valence-corrected chi connectivity index (χ2v) is 6.04. The first-order chi connectivity index (χ1) is 12.1. The van der Waals surface area contributed by atoms with E-state index in [1.165, 1.54) is 0 Å². The highest BCUT2D eigenvalue weighted by molar-refractivity contribution is 6.31. The van der Waals surface area contributed by atoms with Crippen molar-refractivity contribution in [2.75, 3.05) is 0 Å². The number of aliphatic carboxylic acids is 1. The van der Waals surface area contributed by atoms with Crippen LogP contribution in [-0.2, 0) is 11.2 Å². The minimum Gasteiger partial charge on any atom is -0.478 e. The predicted molar refractivity (Wildman–Crippen MR) is 99.1 cm³/mol. The Kier molecular flexibility index (Phi) is 5.36. The molecule has 3 nitrogen and oxygen atoms in total. The van der Waals surface area contributed by atoms with Gasteiger partial charge in [-0.2, -0.15) is 0 Å². The molecule has 0 heterocycles. The molecule has 0 aromatic heterocycles. The molecule has 0 aliphatic rings. The van der Waals surface area contributed by atoms with Gasteiger partial charge in [-0.15, -0.1) is 0 Å². The van der Waals surface area contributed by atoms with Gasteiger partial charge < -0.3 is 9.84 Å². The van der Waals surface area contributed by atoms with Crippen molar-refractivity contribution in [2.45, 2.75) is 12.5 Å². The molecule has 0 radical (unpaired) electrons. The average molecular weight is 353 g/mol. The van der Waals surface area contributed by atoms with Crippen LogP contribution in [0.4, 0.5) is 0 Å². The van der Waals surface area contributed by atoms with Gasteiger partial charge in [-0.05, 0) is 34.9 Å². The number of carboxylic acids is 1. The lowest BCUT2D eigenvalue weighted by atomic mass is 10.1. The first-order valence-corrected chi connectivity index (χ1v) is 8.29. The number of halogens is 1. The van der Waals surface area contributed by atoms with Crippen LogP contribution >= 0.6 is 11.6 Å². The molecule has 3 aromatic carbocycles. The van der Waals surface area contributed by atoms with E-state index in [9.17, 15) is 9.90 Å². The van der Waals surface area contributed by atoms with Gasteiger partial charge in [0, 0.05) is 11.4 Å². The number of benzene rings is 3. The number of hydrogen-bond donors (Lipinski definition) is 1. The third-order valence-electron chi connectivity index (χ3n) is 3.88. The summed E-state index contributed by atoms with van der Waals surface area (Å²) in [5.41, 5.74) is 2.89. The smallest absolute Gasteiger partial charge is 0.345 e. The van der Waals surface area contributed by atoms with Gasteiger partial charge in [-0.1, -0.05) is 72.3 Å². The molecular formula is C21H17ClO3. The number of carboxylic acid groups (broad SMARTS) is 1. The fraction of sp³-hybridized carbons (Fsp3) is 0.0952. The molecule has 0 amide bonds. The van der Waals surface area contributed by atoms with Crippen LogP contribution in [0.5, 0.6) is 5.75 Å². The molecule has 0 unspecified atom stereocenters. The molecule has 0 fully saturated rings. The molecule has 0 saturated carbocycles. The maximum absolute atomic E-state index is 11.5. The van der Waals surface area contributed by atoms with Gasteiger partial charge in [0.05, 0.1) is 0 Å². The second-order valence-electron chi connectivity index (χ2n) is 5.63. The van der Waals surface area contributed by atoms with Gasteiger partial charge >= 0.3 is 5.97 Å². The van der Waals surface area contributed by atoms with Crippen molar-refractivity contribution < 1.29 is 14.6 Å². The van der Waals surface area contributed by atoms with Crippen LogP contribution in [0.15, 0.2) is 78.9 Å². The highest BCUT2D eigenvalue weighted by atomic mass is 35.5. The van der Waals surface area contributed by atoms with Gasteiger partial charge in [-0.3, -0.25) is 0 Å². The van der Waals surface area contributed by atoms with Gasteiger partial charge in [0.2, 0.25) is 0 Å². The molecule has 3 rings (SSSR count). The minimum atomic E-state index is -1.02. The fourth-order valence-electron chi connectivity index (χ4n) is 2.56. The fourth-order valence-corrected chi connectivity index (χ4v) is 2.78. The van der Waals surface area contributed by atoms with Crippen molar-refractivity contribution in [1.29, 1.82) is 0 Å². The van der Waals surface area contributed by atoms with Crippen LogP contribution in [0.25, 0.3) is 11.1 Å². The molecule has 1 atom stereocenters. The maximum atomic E-state index is 11.5. The van der Waals surface area contributed by atoms with Crippen molar-refractivity contribution in [3.05, 3.63) is 89.4 Å². The van der Waals surface area contributed by atoms with Crippen LogP contribution in [0.1, 0.15) is 5.56 Å². The van der Waals surface area contributed by atoms with E-state index in [4.69, 9.17) is 16.3 Å². The van der Waals surface area contributed by atoms with E-state index in [0.717, 1.165) is 16.7 Å². The summed E-state index contributed by atoms with van der Waals surface area (Å²) in [6.07, 6.45) is -0.794. The van der Waals surface area contributed by atoms with Gasteiger partial charge in [0.15, 0.2) is 6.10 Å². The first kappa shape index (κ1) is 17.1. The lowest BCUT2D eigenvalue weighted by molar-refractivity contribution is -0.145. The van der Waals surface area contributed by atoms with Crippen LogP contribution in [0.3, 0.4) is 0 Å². The van der Waals surface area contributed by atoms with Crippen LogP contribution in [0, 0.1) is 0 Å². The summed E-state index contributed by atoms with van der Waals surface area (Å²) in [5.74, 6) is -0.508. The molecule has 0 aliphatic heterocycles. The summed E-state index contributed by atoms with van der Waals surface area (Å²) >= 11 is 6.12. The molecule has 4 heteroatoms. The Morgan fingerprint density at radius 3 is 2.12 bits per heavy atom. The molecule has 126 valence electrons. The summed E-state index contributed by atoms with van der Waals surface area (Å²) < 4.78 is 5.67. The van der Waals surface area contributed by atoms with E-state index >= 15 is 0 Å². The quantitative estimate of drug-likeness (QED) is 0.672. The normalized spacial score (nSPS) is 11.7. The molecule has 1 N–H and O–H groups in total. The van der Waals surface area contributed by atoms with Crippen molar-refractivity contribution in [3.63, 3.8) is 0 Å². The van der Waals surface area contributed by atoms with Gasteiger partial charge in [0.1, 0.15) is 5.75 Å². The molecule has 0 spiro atoms. The third kappa shape index (κ3) is 4.40. The Hall–Kier alpha value is -2.78. The van der Waals surface area contributed by atoms with Crippen molar-refractivity contribution in [3.8, 4) is 16.9 Å². The standard InChI is InChI=1S/C21H17ClO3/c22-19-9-5-4-8-17(19)14-20(21(23)24)25-18-12-10-16(11-13-18)15-6-2-1-3-7-15/h1-13,20H,14H2,(H,23,24)/t20-/m0/s1. The minimum absolute atomic E-state index is 0.204. The lowest BCUT2D eigenvalue weighted by Gasteiger charge is -2.16. The molecular weight excluding hydrogens is 336 g/mol. The van der Waals surface area contributed by atoms with E-state index in [-0.39, 0.29) is 6.42 Å². The second kappa shape index (κ2) is 7.86. The highest BCUT2D eigenvalue weighted by Crippen LogP contribution is 2.24. The molecule has 25 heavy (non-hydrogen) atoms. The summed E-state index contributed by atoms with van der Waals surface area (Å²) in [4.78, 5) is 11.5. The van der Waals surface area contributed by atoms with Crippen molar-refractivity contribution in [1.82, 2.24) is 0 Å². The van der Waals surface area contributed by atoms with E-state index in [1.807, 2.05) is 54.6 Å². The van der Waals surface area contributed by atoms with Crippen LogP contribution < -0.4 is 4.74 Å². The van der Waals surface area contributed by atoms with E-state index in [0.29, 0.717) is 10.8 Å². The van der Waals surface area contributed by atoms with Gasteiger partial charge in [-0.25, -0.2) is 4.79 Å². The highest BCUT2D eigenvalue weighted by Gasteiger charge is 2.21. The number of ether oxygens (including phenoxy) is 1. The Labute approximate surface area is 151 Å². The zero-order valence-corrected chi connectivity index (χ0v) is 14.2. The zero-order chi connectivity index (χ0) is 17.6. The molecule has 3 aromatic rings. The SMILES string of the molecule is O=C(O)[C@H](Cc1ccccc1Cl)Oc1ccc(-c2ccccc2)cc1. The van der Waals surface area contributed by atoms with E-state index in [1.54, 1.807) is 24.3 Å². The molecule has 0 aliphatic carbocycles. The Morgan fingerprint density at radius 1 is 0.880 bits per heavy atom. The van der Waals surface area contributed by atoms with Crippen molar-refractivity contribution in [2.24, 2.45) is 0 Å². The summed E-state index contributed by atoms with van der Waals surface area (Å²) in [6.45, 7) is 0. The topological polar surface area (TPSA) is 46.5 Å². The largest absolute Gasteiger partial charge is 0.478 e. The zero-order valence-electron chi connectivity index (χ0n) is 13.4. The number of carbonyl (C=O) groups is 1. The Balaban J connectivity index is 1.74. The van der Waals surface area contributed by atoms with Crippen LogP contribution in [-0.4, -0.2) is 17.2 Å². The summed E-state index contributed by atoms with van der Waals surface area (Å²) in [6, 6.07) is 24.5. The van der Waals surface area contributed by atoms with E-state index < -0.39 is 12.1 Å². The predicted octanol–water partition coefficient (Wildman–Crippen LogP) is 5.08. The van der Waals surface area contributed by atoms with Gasteiger partial charge in [0.25, 0.3) is 0 Å². The van der Waals surface area contributed by atoms with Crippen LogP contribution in [0.2, 0.25) is 5.02 Å². The maximum Gasteiger partial charge on any atom is 0.345 e. The van der Waals surface area contributed by atoms with Crippen molar-refractivity contribution >= 4 is 17.6 Å². The Morgan fingerprint density at radius 2 is 1.48 bits per heavy atom. The lowest BCUT2D eigenvalue weighted by Crippen LogP contribution is -2.29. The molecule has 0 bridgehead atoms. The monoisotopic (exact) mass is 352 g/mol. The third-order valence-corrected chi connectivity index (χ3v) is 4.25. The Bertz CT molecular complexity index is 845. The summed E-state index contributed by atoms with van der Waals surface area (Å²) in [5, 5.41) is 9.99. The number of hydrogen-bond acceptors (Lipinski definition) is 2. The molecule has 0 saturated heterocycles. The first-order valence-electron chi connectivity index (χ1n) is 7.92. The average Bonchev–Trinajstić information content (AvgIpc) is 2.64.